The van der Waals surface area contributed by atoms with E-state index in [0.29, 0.717) is 12.1 Å². The normalized spacial score (nSPS) is 25.6. The second kappa shape index (κ2) is 8.48. The maximum Gasteiger partial charge on any atom is 0.416 e. The number of piperidine rings is 1. The molecule has 3 N–H and O–H groups in total. The van der Waals surface area contributed by atoms with Crippen molar-refractivity contribution in [3.8, 4) is 0 Å². The minimum Gasteiger partial charge on any atom is -0.391 e. The van der Waals surface area contributed by atoms with Gasteiger partial charge >= 0.3 is 6.18 Å². The second-order valence-corrected chi connectivity index (χ2v) is 7.35. The fourth-order valence-corrected chi connectivity index (χ4v) is 3.72. The van der Waals surface area contributed by atoms with Crippen molar-refractivity contribution >= 4 is 11.8 Å². The number of hydrogen-bond acceptors (Lipinski definition) is 4. The lowest BCUT2D eigenvalue weighted by Gasteiger charge is -2.30. The van der Waals surface area contributed by atoms with Crippen LogP contribution in [0.1, 0.15) is 30.4 Å². The number of halogens is 3. The van der Waals surface area contributed by atoms with Gasteiger partial charge in [-0.1, -0.05) is 12.1 Å². The molecule has 2 aliphatic rings. The van der Waals surface area contributed by atoms with Crippen molar-refractivity contribution < 1.29 is 27.9 Å². The standard InChI is InChI=1S/C19H24F3N3O3/c20-19(21,22)14-5-3-12(4-6-14)9-24-17(27)16-8-15(26)11-25(16)18(28)13-2-1-7-23-10-13/h3-6,13,15-16,23,26H,1-2,7-11H2,(H,24,27)/t13-,15?,16?/m0/s1. The number of alkyl halides is 3. The predicted octanol–water partition coefficient (Wildman–Crippen LogP) is 1.28. The first-order valence-corrected chi connectivity index (χ1v) is 9.39. The highest BCUT2D eigenvalue weighted by Gasteiger charge is 2.41. The van der Waals surface area contributed by atoms with E-state index in [1.807, 2.05) is 0 Å². The summed E-state index contributed by atoms with van der Waals surface area (Å²) in [5, 5.41) is 15.8. The van der Waals surface area contributed by atoms with Crippen LogP contribution >= 0.6 is 0 Å². The molecule has 3 atom stereocenters. The quantitative estimate of drug-likeness (QED) is 0.713. The number of carbonyl (C=O) groups is 2. The summed E-state index contributed by atoms with van der Waals surface area (Å²) in [6.07, 6.45) is -3.38. The molecule has 2 heterocycles. The SMILES string of the molecule is O=C(NCc1ccc(C(F)(F)F)cc1)C1CC(O)CN1C(=O)[C@H]1CCCNC1. The van der Waals surface area contributed by atoms with Gasteiger partial charge in [-0.3, -0.25) is 9.59 Å². The zero-order valence-corrected chi connectivity index (χ0v) is 15.3. The van der Waals surface area contributed by atoms with Gasteiger partial charge in [-0.15, -0.1) is 0 Å². The van der Waals surface area contributed by atoms with E-state index in [0.717, 1.165) is 31.5 Å². The van der Waals surface area contributed by atoms with Crippen molar-refractivity contribution in [2.75, 3.05) is 19.6 Å². The molecule has 6 nitrogen and oxygen atoms in total. The first kappa shape index (κ1) is 20.6. The van der Waals surface area contributed by atoms with Crippen LogP contribution in [0.25, 0.3) is 0 Å². The minimum absolute atomic E-state index is 0.0522. The number of hydrogen-bond donors (Lipinski definition) is 3. The average Bonchev–Trinajstić information content (AvgIpc) is 3.07. The molecule has 0 bridgehead atoms. The molecule has 2 fully saturated rings. The molecule has 2 saturated heterocycles. The number of β-amino-alcohol motifs (C(OH)–C–C–N with tert-alkyl or cyclic N) is 1. The van der Waals surface area contributed by atoms with Crippen LogP contribution in [-0.4, -0.2) is 53.6 Å². The van der Waals surface area contributed by atoms with Crippen LogP contribution in [0.5, 0.6) is 0 Å². The van der Waals surface area contributed by atoms with E-state index in [2.05, 4.69) is 10.6 Å². The van der Waals surface area contributed by atoms with Crippen LogP contribution in [0.4, 0.5) is 13.2 Å². The monoisotopic (exact) mass is 399 g/mol. The van der Waals surface area contributed by atoms with E-state index < -0.39 is 29.8 Å². The number of aliphatic hydroxyl groups excluding tert-OH is 1. The van der Waals surface area contributed by atoms with Crippen molar-refractivity contribution in [3.63, 3.8) is 0 Å². The molecule has 9 heteroatoms. The van der Waals surface area contributed by atoms with Gasteiger partial charge in [0.25, 0.3) is 0 Å². The summed E-state index contributed by atoms with van der Waals surface area (Å²) in [6, 6.07) is 3.78. The molecule has 0 aliphatic carbocycles. The number of nitrogens with zero attached hydrogens (tertiary/aromatic N) is 1. The predicted molar refractivity (Wildman–Crippen MR) is 95.0 cm³/mol. The van der Waals surface area contributed by atoms with E-state index in [9.17, 15) is 27.9 Å². The molecule has 1 aromatic rings. The average molecular weight is 399 g/mol. The molecule has 28 heavy (non-hydrogen) atoms. The molecule has 0 radical (unpaired) electrons. The summed E-state index contributed by atoms with van der Waals surface area (Å²) in [7, 11) is 0. The largest absolute Gasteiger partial charge is 0.416 e. The maximum atomic E-state index is 12.8. The Kier molecular flexibility index (Phi) is 6.24. The highest BCUT2D eigenvalue weighted by atomic mass is 19.4. The highest BCUT2D eigenvalue weighted by molar-refractivity contribution is 5.89. The smallest absolute Gasteiger partial charge is 0.391 e. The van der Waals surface area contributed by atoms with Gasteiger partial charge in [-0.05, 0) is 37.1 Å². The summed E-state index contributed by atoms with van der Waals surface area (Å²) < 4.78 is 37.8. The van der Waals surface area contributed by atoms with Crippen molar-refractivity contribution in [2.24, 2.45) is 5.92 Å². The summed E-state index contributed by atoms with van der Waals surface area (Å²) in [4.78, 5) is 26.8. The molecular weight excluding hydrogens is 375 g/mol. The van der Waals surface area contributed by atoms with Gasteiger partial charge < -0.3 is 20.6 Å². The Labute approximate surface area is 161 Å². The Morgan fingerprint density at radius 1 is 1.25 bits per heavy atom. The lowest BCUT2D eigenvalue weighted by Crippen LogP contribution is -2.50. The molecule has 0 saturated carbocycles. The first-order chi connectivity index (χ1) is 13.3. The second-order valence-electron chi connectivity index (χ2n) is 7.35. The Morgan fingerprint density at radius 3 is 2.57 bits per heavy atom. The minimum atomic E-state index is -4.41. The highest BCUT2D eigenvalue weighted by Crippen LogP contribution is 2.29. The summed E-state index contributed by atoms with van der Waals surface area (Å²) in [5.41, 5.74) is -0.228. The van der Waals surface area contributed by atoms with Gasteiger partial charge in [0.05, 0.1) is 17.6 Å². The number of nitrogens with one attached hydrogen (secondary N) is 2. The molecular formula is C19H24F3N3O3. The van der Waals surface area contributed by atoms with Gasteiger partial charge in [0.1, 0.15) is 6.04 Å². The van der Waals surface area contributed by atoms with E-state index in [4.69, 9.17) is 0 Å². The van der Waals surface area contributed by atoms with E-state index in [1.165, 1.54) is 17.0 Å². The van der Waals surface area contributed by atoms with Crippen molar-refractivity contribution in [2.45, 2.75) is 44.1 Å². The molecule has 154 valence electrons. The van der Waals surface area contributed by atoms with Gasteiger partial charge in [0, 0.05) is 26.1 Å². The molecule has 0 aromatic heterocycles. The summed E-state index contributed by atoms with van der Waals surface area (Å²) >= 11 is 0. The summed E-state index contributed by atoms with van der Waals surface area (Å²) in [6.45, 7) is 1.60. The molecule has 3 rings (SSSR count). The van der Waals surface area contributed by atoms with Crippen LogP contribution in [-0.2, 0) is 22.3 Å². The Balaban J connectivity index is 1.59. The van der Waals surface area contributed by atoms with Crippen molar-refractivity contribution in [3.05, 3.63) is 35.4 Å². The summed E-state index contributed by atoms with van der Waals surface area (Å²) in [5.74, 6) is -0.753. The number of likely N-dealkylation sites (tertiary alicyclic amines) is 1. The molecule has 2 aliphatic heterocycles. The maximum absolute atomic E-state index is 12.8. The Hall–Kier alpha value is -2.13. The van der Waals surface area contributed by atoms with Crippen LogP contribution in [0.15, 0.2) is 24.3 Å². The number of amides is 2. The molecule has 0 spiro atoms. The lowest BCUT2D eigenvalue weighted by molar-refractivity contribution is -0.142. The molecule has 1 aromatic carbocycles. The number of benzene rings is 1. The Morgan fingerprint density at radius 2 is 1.96 bits per heavy atom. The fraction of sp³-hybridized carbons (Fsp3) is 0.579. The van der Waals surface area contributed by atoms with E-state index in [1.54, 1.807) is 0 Å². The van der Waals surface area contributed by atoms with Crippen molar-refractivity contribution in [1.82, 2.24) is 15.5 Å². The zero-order valence-electron chi connectivity index (χ0n) is 15.3. The van der Waals surface area contributed by atoms with Crippen LogP contribution in [0, 0.1) is 5.92 Å². The zero-order chi connectivity index (χ0) is 20.3. The third kappa shape index (κ3) is 4.82. The van der Waals surface area contributed by atoms with Crippen LogP contribution in [0.3, 0.4) is 0 Å². The van der Waals surface area contributed by atoms with E-state index in [-0.39, 0.29) is 31.3 Å². The van der Waals surface area contributed by atoms with Crippen LogP contribution < -0.4 is 10.6 Å². The fourth-order valence-electron chi connectivity index (χ4n) is 3.72. The topological polar surface area (TPSA) is 81.7 Å². The number of carbonyl (C=O) groups excluding carboxylic acids is 2. The number of aliphatic hydroxyl groups is 1. The van der Waals surface area contributed by atoms with Gasteiger partial charge in [0.15, 0.2) is 0 Å². The molecule has 2 unspecified atom stereocenters. The number of rotatable bonds is 4. The van der Waals surface area contributed by atoms with Crippen LogP contribution in [0.2, 0.25) is 0 Å². The third-order valence-electron chi connectivity index (χ3n) is 5.26. The Bertz CT molecular complexity index is 703. The van der Waals surface area contributed by atoms with Gasteiger partial charge in [-0.25, -0.2) is 0 Å². The van der Waals surface area contributed by atoms with E-state index >= 15 is 0 Å². The third-order valence-corrected chi connectivity index (χ3v) is 5.26. The lowest BCUT2D eigenvalue weighted by atomic mass is 9.97. The van der Waals surface area contributed by atoms with Gasteiger partial charge in [0.2, 0.25) is 11.8 Å². The van der Waals surface area contributed by atoms with Gasteiger partial charge in [-0.2, -0.15) is 13.2 Å². The first-order valence-electron chi connectivity index (χ1n) is 9.39. The van der Waals surface area contributed by atoms with Crippen molar-refractivity contribution in [1.29, 1.82) is 0 Å². The molecule has 2 amide bonds.